The lowest BCUT2D eigenvalue weighted by Gasteiger charge is -2.25. The fourth-order valence-corrected chi connectivity index (χ4v) is 2.30. The van der Waals surface area contributed by atoms with Crippen LogP contribution >= 0.6 is 0 Å². The molecule has 0 saturated heterocycles. The van der Waals surface area contributed by atoms with Crippen LogP contribution in [0.2, 0.25) is 0 Å². The standard InChI is InChI=1S/C13H23NO3/c1-4-13(3,12(16)17)8-14-11(15)10-7-5-6-9(10)2/h9-10H,4-8H2,1-3H3,(H,14,15)(H,16,17). The van der Waals surface area contributed by atoms with E-state index in [9.17, 15) is 9.59 Å². The Morgan fingerprint density at radius 2 is 2.06 bits per heavy atom. The molecule has 0 heterocycles. The highest BCUT2D eigenvalue weighted by molar-refractivity contribution is 5.81. The molecule has 0 aromatic heterocycles. The van der Waals surface area contributed by atoms with E-state index in [0.717, 1.165) is 19.3 Å². The van der Waals surface area contributed by atoms with Crippen LogP contribution in [0.15, 0.2) is 0 Å². The molecule has 2 N–H and O–H groups in total. The Kier molecular flexibility index (Phi) is 4.54. The summed E-state index contributed by atoms with van der Waals surface area (Å²) in [6.07, 6.45) is 3.65. The number of amides is 1. The molecule has 0 aromatic carbocycles. The third kappa shape index (κ3) is 3.20. The Morgan fingerprint density at radius 3 is 2.47 bits per heavy atom. The SMILES string of the molecule is CCC(C)(CNC(=O)C1CCCC1C)C(=O)O. The van der Waals surface area contributed by atoms with Gasteiger partial charge in [0.05, 0.1) is 5.41 Å². The molecule has 1 fully saturated rings. The predicted octanol–water partition coefficient (Wildman–Crippen LogP) is 2.04. The summed E-state index contributed by atoms with van der Waals surface area (Å²) in [4.78, 5) is 23.0. The lowest BCUT2D eigenvalue weighted by molar-refractivity contribution is -0.148. The number of carbonyl (C=O) groups is 2. The molecule has 98 valence electrons. The second-order valence-corrected chi connectivity index (χ2v) is 5.45. The Bertz CT molecular complexity index is 303. The van der Waals surface area contributed by atoms with E-state index in [1.807, 2.05) is 6.92 Å². The number of hydrogen-bond donors (Lipinski definition) is 2. The van der Waals surface area contributed by atoms with E-state index in [2.05, 4.69) is 12.2 Å². The minimum atomic E-state index is -0.850. The Morgan fingerprint density at radius 1 is 1.41 bits per heavy atom. The Labute approximate surface area is 103 Å². The van der Waals surface area contributed by atoms with Crippen LogP contribution in [0.3, 0.4) is 0 Å². The van der Waals surface area contributed by atoms with E-state index in [-0.39, 0.29) is 18.4 Å². The first-order valence-corrected chi connectivity index (χ1v) is 6.42. The van der Waals surface area contributed by atoms with Crippen LogP contribution in [-0.2, 0) is 9.59 Å². The maximum atomic E-state index is 11.9. The van der Waals surface area contributed by atoms with Crippen molar-refractivity contribution in [3.63, 3.8) is 0 Å². The quantitative estimate of drug-likeness (QED) is 0.774. The van der Waals surface area contributed by atoms with Crippen LogP contribution in [0.25, 0.3) is 0 Å². The summed E-state index contributed by atoms with van der Waals surface area (Å²) in [5.41, 5.74) is -0.850. The number of carboxylic acids is 1. The summed E-state index contributed by atoms with van der Waals surface area (Å²) < 4.78 is 0. The van der Waals surface area contributed by atoms with E-state index < -0.39 is 11.4 Å². The maximum absolute atomic E-state index is 11.9. The summed E-state index contributed by atoms with van der Waals surface area (Å²) in [6, 6.07) is 0. The highest BCUT2D eigenvalue weighted by atomic mass is 16.4. The van der Waals surface area contributed by atoms with Crippen molar-refractivity contribution in [3.8, 4) is 0 Å². The molecule has 1 rings (SSSR count). The first-order chi connectivity index (χ1) is 7.90. The number of aliphatic carboxylic acids is 1. The minimum absolute atomic E-state index is 0.0240. The third-order valence-electron chi connectivity index (χ3n) is 4.15. The summed E-state index contributed by atoms with van der Waals surface area (Å²) in [6.45, 7) is 5.82. The van der Waals surface area contributed by atoms with Gasteiger partial charge < -0.3 is 10.4 Å². The molecular formula is C13H23NO3. The minimum Gasteiger partial charge on any atom is -0.481 e. The van der Waals surface area contributed by atoms with Gasteiger partial charge in [-0.1, -0.05) is 20.3 Å². The van der Waals surface area contributed by atoms with Crippen molar-refractivity contribution in [1.82, 2.24) is 5.32 Å². The molecule has 0 radical (unpaired) electrons. The van der Waals surface area contributed by atoms with Crippen molar-refractivity contribution < 1.29 is 14.7 Å². The average Bonchev–Trinajstić information content (AvgIpc) is 2.71. The topological polar surface area (TPSA) is 66.4 Å². The summed E-state index contributed by atoms with van der Waals surface area (Å²) in [5, 5.41) is 11.9. The smallest absolute Gasteiger partial charge is 0.311 e. The van der Waals surface area contributed by atoms with Crippen LogP contribution in [0.4, 0.5) is 0 Å². The average molecular weight is 241 g/mol. The molecule has 1 aliphatic rings. The number of carbonyl (C=O) groups excluding carboxylic acids is 1. The van der Waals surface area contributed by atoms with E-state index in [0.29, 0.717) is 12.3 Å². The lowest BCUT2D eigenvalue weighted by atomic mass is 9.87. The van der Waals surface area contributed by atoms with E-state index in [1.54, 1.807) is 6.92 Å². The molecule has 1 aliphatic carbocycles. The zero-order valence-corrected chi connectivity index (χ0v) is 11.0. The molecule has 3 unspecified atom stereocenters. The fourth-order valence-electron chi connectivity index (χ4n) is 2.30. The van der Waals surface area contributed by atoms with Crippen molar-refractivity contribution in [2.24, 2.45) is 17.3 Å². The predicted molar refractivity (Wildman–Crippen MR) is 65.5 cm³/mol. The van der Waals surface area contributed by atoms with E-state index in [4.69, 9.17) is 5.11 Å². The Hall–Kier alpha value is -1.06. The summed E-state index contributed by atoms with van der Waals surface area (Å²) in [7, 11) is 0. The Balaban J connectivity index is 2.50. The van der Waals surface area contributed by atoms with Gasteiger partial charge >= 0.3 is 5.97 Å². The van der Waals surface area contributed by atoms with Crippen LogP contribution in [-0.4, -0.2) is 23.5 Å². The third-order valence-corrected chi connectivity index (χ3v) is 4.15. The van der Waals surface area contributed by atoms with E-state index >= 15 is 0 Å². The van der Waals surface area contributed by atoms with Crippen molar-refractivity contribution in [2.45, 2.75) is 46.5 Å². The van der Waals surface area contributed by atoms with Crippen LogP contribution in [0.1, 0.15) is 46.5 Å². The van der Waals surface area contributed by atoms with E-state index in [1.165, 1.54) is 0 Å². The van der Waals surface area contributed by atoms with Gasteiger partial charge in [-0.3, -0.25) is 9.59 Å². The van der Waals surface area contributed by atoms with Gasteiger partial charge in [0.25, 0.3) is 0 Å². The number of carboxylic acid groups (broad SMARTS) is 1. The monoisotopic (exact) mass is 241 g/mol. The van der Waals surface area contributed by atoms with Gasteiger partial charge in [-0.15, -0.1) is 0 Å². The molecule has 1 amide bonds. The van der Waals surface area contributed by atoms with Crippen molar-refractivity contribution in [2.75, 3.05) is 6.54 Å². The van der Waals surface area contributed by atoms with Gasteiger partial charge in [-0.05, 0) is 32.1 Å². The molecule has 3 atom stereocenters. The first-order valence-electron chi connectivity index (χ1n) is 6.42. The molecule has 4 heteroatoms. The molecule has 0 aliphatic heterocycles. The highest BCUT2D eigenvalue weighted by Gasteiger charge is 2.34. The largest absolute Gasteiger partial charge is 0.481 e. The molecular weight excluding hydrogens is 218 g/mol. The van der Waals surface area contributed by atoms with Crippen LogP contribution in [0.5, 0.6) is 0 Å². The first kappa shape index (κ1) is 14.0. The van der Waals surface area contributed by atoms with Gasteiger partial charge in [0, 0.05) is 12.5 Å². The molecule has 1 saturated carbocycles. The normalized spacial score (nSPS) is 27.5. The van der Waals surface area contributed by atoms with Crippen molar-refractivity contribution in [3.05, 3.63) is 0 Å². The lowest BCUT2D eigenvalue weighted by Crippen LogP contribution is -2.43. The molecule has 0 spiro atoms. The molecule has 0 bridgehead atoms. The molecule has 0 aromatic rings. The van der Waals surface area contributed by atoms with Crippen molar-refractivity contribution in [1.29, 1.82) is 0 Å². The highest BCUT2D eigenvalue weighted by Crippen LogP contribution is 2.31. The zero-order chi connectivity index (χ0) is 13.1. The molecule has 4 nitrogen and oxygen atoms in total. The second kappa shape index (κ2) is 5.52. The number of rotatable bonds is 5. The second-order valence-electron chi connectivity index (χ2n) is 5.45. The van der Waals surface area contributed by atoms with Gasteiger partial charge in [-0.25, -0.2) is 0 Å². The number of nitrogens with one attached hydrogen (secondary N) is 1. The molecule has 17 heavy (non-hydrogen) atoms. The van der Waals surface area contributed by atoms with Gasteiger partial charge in [0.1, 0.15) is 0 Å². The maximum Gasteiger partial charge on any atom is 0.311 e. The summed E-state index contributed by atoms with van der Waals surface area (Å²) >= 11 is 0. The fraction of sp³-hybridized carbons (Fsp3) is 0.846. The zero-order valence-electron chi connectivity index (χ0n) is 11.0. The van der Waals surface area contributed by atoms with Crippen molar-refractivity contribution >= 4 is 11.9 Å². The summed E-state index contributed by atoms with van der Waals surface area (Å²) in [5.74, 6) is -0.326. The van der Waals surface area contributed by atoms with Crippen LogP contribution in [0, 0.1) is 17.3 Å². The van der Waals surface area contributed by atoms with Gasteiger partial charge in [0.15, 0.2) is 0 Å². The van der Waals surface area contributed by atoms with Crippen LogP contribution < -0.4 is 5.32 Å². The number of hydrogen-bond acceptors (Lipinski definition) is 2. The van der Waals surface area contributed by atoms with Gasteiger partial charge in [-0.2, -0.15) is 0 Å². The van der Waals surface area contributed by atoms with Gasteiger partial charge in [0.2, 0.25) is 5.91 Å².